The van der Waals surface area contributed by atoms with Crippen LogP contribution in [0, 0.1) is 18.3 Å². The van der Waals surface area contributed by atoms with E-state index in [-0.39, 0.29) is 6.04 Å². The molecule has 1 unspecified atom stereocenters. The van der Waals surface area contributed by atoms with Crippen molar-refractivity contribution in [2.75, 3.05) is 11.9 Å². The molecular formula is C16H16ClN3. The highest BCUT2D eigenvalue weighted by Crippen LogP contribution is 2.27. The van der Waals surface area contributed by atoms with Crippen LogP contribution in [-0.4, -0.2) is 12.0 Å². The van der Waals surface area contributed by atoms with E-state index in [0.717, 1.165) is 11.3 Å². The largest absolute Gasteiger partial charge is 0.352 e. The Hall–Kier alpha value is -2.05. The number of hydrogen-bond acceptors (Lipinski definition) is 3. The number of aromatic nitrogens is 1. The van der Waals surface area contributed by atoms with Crippen molar-refractivity contribution in [3.05, 3.63) is 58.2 Å². The minimum Gasteiger partial charge on any atom is -0.352 e. The van der Waals surface area contributed by atoms with E-state index in [1.807, 2.05) is 49.2 Å². The third-order valence-electron chi connectivity index (χ3n) is 3.38. The number of nitrogens with zero attached hydrogens (tertiary/aromatic N) is 3. The molecular weight excluding hydrogens is 270 g/mol. The Kier molecular flexibility index (Phi) is 4.26. The van der Waals surface area contributed by atoms with Gasteiger partial charge in [-0.3, -0.25) is 0 Å². The predicted octanol–water partition coefficient (Wildman–Crippen LogP) is 4.11. The fraction of sp³-hybridized carbons (Fsp3) is 0.250. The first-order chi connectivity index (χ1) is 9.52. The van der Waals surface area contributed by atoms with Gasteiger partial charge in [-0.15, -0.1) is 0 Å². The van der Waals surface area contributed by atoms with Gasteiger partial charge in [0.1, 0.15) is 11.9 Å². The predicted molar refractivity (Wildman–Crippen MR) is 82.0 cm³/mol. The van der Waals surface area contributed by atoms with Crippen LogP contribution in [0.2, 0.25) is 5.02 Å². The highest BCUT2D eigenvalue weighted by Gasteiger charge is 2.17. The number of rotatable bonds is 3. The van der Waals surface area contributed by atoms with E-state index in [9.17, 15) is 5.26 Å². The topological polar surface area (TPSA) is 39.9 Å². The van der Waals surface area contributed by atoms with E-state index in [0.29, 0.717) is 16.4 Å². The summed E-state index contributed by atoms with van der Waals surface area (Å²) in [6, 6.07) is 13.7. The van der Waals surface area contributed by atoms with Gasteiger partial charge in [-0.05, 0) is 43.7 Å². The second-order valence-corrected chi connectivity index (χ2v) is 5.21. The first-order valence-corrected chi connectivity index (χ1v) is 6.76. The highest BCUT2D eigenvalue weighted by molar-refractivity contribution is 6.30. The van der Waals surface area contributed by atoms with Crippen molar-refractivity contribution in [3.63, 3.8) is 0 Å². The minimum absolute atomic E-state index is 0.0788. The lowest BCUT2D eigenvalue weighted by atomic mass is 10.1. The molecule has 20 heavy (non-hydrogen) atoms. The molecule has 102 valence electrons. The molecule has 0 aliphatic carbocycles. The molecule has 3 nitrogen and oxygen atoms in total. The van der Waals surface area contributed by atoms with Crippen molar-refractivity contribution in [3.8, 4) is 6.07 Å². The van der Waals surface area contributed by atoms with E-state index in [1.54, 1.807) is 6.07 Å². The lowest BCUT2D eigenvalue weighted by Gasteiger charge is -2.27. The number of nitriles is 1. The van der Waals surface area contributed by atoms with E-state index in [1.165, 1.54) is 0 Å². The number of pyridine rings is 1. The Bertz CT molecular complexity index is 661. The van der Waals surface area contributed by atoms with E-state index >= 15 is 0 Å². The van der Waals surface area contributed by atoms with Crippen LogP contribution in [-0.2, 0) is 0 Å². The maximum atomic E-state index is 9.22. The fourth-order valence-corrected chi connectivity index (χ4v) is 2.27. The number of anilines is 1. The van der Waals surface area contributed by atoms with Gasteiger partial charge in [0, 0.05) is 17.8 Å². The first kappa shape index (κ1) is 14.4. The molecule has 0 spiro atoms. The third kappa shape index (κ3) is 2.92. The van der Waals surface area contributed by atoms with Crippen LogP contribution in [0.3, 0.4) is 0 Å². The second kappa shape index (κ2) is 5.94. The Morgan fingerprint density at radius 2 is 2.05 bits per heavy atom. The molecule has 0 amide bonds. The van der Waals surface area contributed by atoms with E-state index in [4.69, 9.17) is 11.6 Å². The van der Waals surface area contributed by atoms with Gasteiger partial charge in [-0.2, -0.15) is 5.26 Å². The lowest BCUT2D eigenvalue weighted by Crippen LogP contribution is -2.23. The molecule has 1 heterocycles. The molecule has 1 atom stereocenters. The molecule has 0 aliphatic heterocycles. The summed E-state index contributed by atoms with van der Waals surface area (Å²) in [7, 11) is 1.94. The Balaban J connectivity index is 2.38. The van der Waals surface area contributed by atoms with Crippen molar-refractivity contribution < 1.29 is 0 Å². The van der Waals surface area contributed by atoms with Crippen molar-refractivity contribution in [2.45, 2.75) is 19.9 Å². The van der Waals surface area contributed by atoms with Crippen LogP contribution in [0.15, 0.2) is 36.4 Å². The molecule has 0 N–H and O–H groups in total. The van der Waals surface area contributed by atoms with Crippen LogP contribution >= 0.6 is 11.6 Å². The maximum Gasteiger partial charge on any atom is 0.147 e. The molecule has 0 saturated heterocycles. The molecule has 0 bridgehead atoms. The molecule has 1 aromatic heterocycles. The van der Waals surface area contributed by atoms with Crippen LogP contribution in [0.25, 0.3) is 0 Å². The molecule has 0 aliphatic rings. The van der Waals surface area contributed by atoms with Gasteiger partial charge in [0.2, 0.25) is 0 Å². The Labute approximate surface area is 124 Å². The van der Waals surface area contributed by atoms with Gasteiger partial charge in [0.25, 0.3) is 0 Å². The summed E-state index contributed by atoms with van der Waals surface area (Å²) in [5, 5.41) is 9.93. The fourth-order valence-electron chi connectivity index (χ4n) is 2.07. The second-order valence-electron chi connectivity index (χ2n) is 4.78. The van der Waals surface area contributed by atoms with Crippen LogP contribution in [0.5, 0.6) is 0 Å². The molecule has 4 heteroatoms. The number of benzene rings is 1. The van der Waals surface area contributed by atoms with Crippen LogP contribution < -0.4 is 4.90 Å². The van der Waals surface area contributed by atoms with Crippen molar-refractivity contribution >= 4 is 17.4 Å². The monoisotopic (exact) mass is 285 g/mol. The summed E-state index contributed by atoms with van der Waals surface area (Å²) < 4.78 is 0. The quantitative estimate of drug-likeness (QED) is 0.852. The van der Waals surface area contributed by atoms with Gasteiger partial charge in [-0.1, -0.05) is 23.7 Å². The van der Waals surface area contributed by atoms with Crippen molar-refractivity contribution in [1.82, 2.24) is 4.98 Å². The summed E-state index contributed by atoms with van der Waals surface area (Å²) in [5.41, 5.74) is 2.56. The smallest absolute Gasteiger partial charge is 0.147 e. The lowest BCUT2D eigenvalue weighted by molar-refractivity contribution is 0.726. The average Bonchev–Trinajstić information content (AvgIpc) is 2.45. The van der Waals surface area contributed by atoms with Crippen LogP contribution in [0.4, 0.5) is 5.82 Å². The zero-order valence-corrected chi connectivity index (χ0v) is 12.5. The summed E-state index contributed by atoms with van der Waals surface area (Å²) in [5.74, 6) is 0.694. The molecule has 0 saturated carbocycles. The van der Waals surface area contributed by atoms with Gasteiger partial charge in [-0.25, -0.2) is 4.98 Å². The van der Waals surface area contributed by atoms with E-state index in [2.05, 4.69) is 18.0 Å². The number of hydrogen-bond donors (Lipinski definition) is 0. The maximum absolute atomic E-state index is 9.22. The summed E-state index contributed by atoms with van der Waals surface area (Å²) >= 11 is 6.04. The van der Waals surface area contributed by atoms with Gasteiger partial charge < -0.3 is 4.90 Å². The zero-order chi connectivity index (χ0) is 14.7. The summed E-state index contributed by atoms with van der Waals surface area (Å²) in [4.78, 5) is 6.48. The van der Waals surface area contributed by atoms with Crippen molar-refractivity contribution in [2.24, 2.45) is 0 Å². The SMILES string of the molecule is Cc1ccc(C#N)c(N(C)C(C)c2cccc(Cl)c2)n1. The van der Waals surface area contributed by atoms with E-state index < -0.39 is 0 Å². The molecule has 0 fully saturated rings. The average molecular weight is 286 g/mol. The van der Waals surface area contributed by atoms with Crippen molar-refractivity contribution in [1.29, 1.82) is 5.26 Å². The highest BCUT2D eigenvalue weighted by atomic mass is 35.5. The Morgan fingerprint density at radius 1 is 1.30 bits per heavy atom. The molecule has 2 rings (SSSR count). The molecule has 1 aromatic carbocycles. The normalized spacial score (nSPS) is 11.8. The number of aryl methyl sites for hydroxylation is 1. The molecule has 0 radical (unpaired) electrons. The van der Waals surface area contributed by atoms with Gasteiger partial charge in [0.05, 0.1) is 11.6 Å². The Morgan fingerprint density at radius 3 is 2.70 bits per heavy atom. The minimum atomic E-state index is 0.0788. The van der Waals surface area contributed by atoms with Crippen LogP contribution in [0.1, 0.15) is 29.8 Å². The zero-order valence-electron chi connectivity index (χ0n) is 11.8. The molecule has 2 aromatic rings. The van der Waals surface area contributed by atoms with Gasteiger partial charge >= 0.3 is 0 Å². The summed E-state index contributed by atoms with van der Waals surface area (Å²) in [6.07, 6.45) is 0. The van der Waals surface area contributed by atoms with Gasteiger partial charge in [0.15, 0.2) is 0 Å². The first-order valence-electron chi connectivity index (χ1n) is 6.39. The summed E-state index contributed by atoms with van der Waals surface area (Å²) in [6.45, 7) is 3.99. The third-order valence-corrected chi connectivity index (χ3v) is 3.62. The standard InChI is InChI=1S/C16H16ClN3/c1-11-7-8-14(10-18)16(19-11)20(3)12(2)13-5-4-6-15(17)9-13/h4-9,12H,1-3H3. The number of halogens is 1.